The Balaban J connectivity index is 2.37. The number of hydrogen-bond acceptors (Lipinski definition) is 3. The second-order valence-corrected chi connectivity index (χ2v) is 4.98. The zero-order valence-corrected chi connectivity index (χ0v) is 11.3. The van der Waals surface area contributed by atoms with Crippen molar-refractivity contribution in [2.75, 3.05) is 12.4 Å². The van der Waals surface area contributed by atoms with Gasteiger partial charge in [-0.25, -0.2) is 0 Å². The maximum absolute atomic E-state index is 11.6. The quantitative estimate of drug-likeness (QED) is 0.837. The van der Waals surface area contributed by atoms with E-state index in [1.54, 1.807) is 18.7 Å². The Morgan fingerprint density at radius 1 is 1.00 bits per heavy atom. The van der Waals surface area contributed by atoms with Crippen LogP contribution >= 0.6 is 11.8 Å². The molecule has 92 valence electrons. The summed E-state index contributed by atoms with van der Waals surface area (Å²) in [6.45, 7) is 1.60. The third-order valence-electron chi connectivity index (χ3n) is 2.64. The fraction of sp³-hybridized carbons (Fsp3) is 0.133. The van der Waals surface area contributed by atoms with Crippen molar-refractivity contribution in [1.29, 1.82) is 0 Å². The second-order valence-electron chi connectivity index (χ2n) is 3.90. The molecule has 2 rings (SSSR count). The second kappa shape index (κ2) is 5.74. The van der Waals surface area contributed by atoms with Crippen molar-refractivity contribution in [3.8, 4) is 0 Å². The highest BCUT2D eigenvalue weighted by Gasteiger charge is 2.09. The van der Waals surface area contributed by atoms with Crippen LogP contribution in [0, 0.1) is 0 Å². The van der Waals surface area contributed by atoms with Crippen molar-refractivity contribution in [3.63, 3.8) is 0 Å². The van der Waals surface area contributed by atoms with Crippen molar-refractivity contribution >= 4 is 23.2 Å². The molecule has 0 fully saturated rings. The van der Waals surface area contributed by atoms with Crippen molar-refractivity contribution in [1.82, 2.24) is 0 Å². The zero-order chi connectivity index (χ0) is 13.0. The summed E-state index contributed by atoms with van der Waals surface area (Å²) in [7, 11) is 1.90. The average Bonchev–Trinajstić information content (AvgIpc) is 2.40. The number of benzene rings is 2. The van der Waals surface area contributed by atoms with Crippen LogP contribution in [0.25, 0.3) is 0 Å². The molecule has 0 saturated carbocycles. The van der Waals surface area contributed by atoms with Crippen LogP contribution in [0.5, 0.6) is 0 Å². The number of hydrogen-bond donors (Lipinski definition) is 1. The standard InChI is InChI=1S/C15H15NOS/c1-11(17)12-7-3-5-9-14(12)18-15-10-6-4-8-13(15)16-2/h3-10,16H,1-2H3. The van der Waals surface area contributed by atoms with Crippen LogP contribution in [0.4, 0.5) is 5.69 Å². The lowest BCUT2D eigenvalue weighted by Gasteiger charge is -2.10. The first kappa shape index (κ1) is 12.7. The number of rotatable bonds is 4. The molecule has 0 amide bonds. The van der Waals surface area contributed by atoms with E-state index in [1.807, 2.05) is 55.6 Å². The first-order chi connectivity index (χ1) is 8.72. The van der Waals surface area contributed by atoms with Gasteiger partial charge >= 0.3 is 0 Å². The third-order valence-corrected chi connectivity index (χ3v) is 3.79. The number of anilines is 1. The van der Waals surface area contributed by atoms with Crippen molar-refractivity contribution in [2.24, 2.45) is 0 Å². The van der Waals surface area contributed by atoms with Gasteiger partial charge in [-0.3, -0.25) is 4.79 Å². The molecule has 0 aromatic heterocycles. The number of ketones is 1. The normalized spacial score (nSPS) is 10.1. The van der Waals surface area contributed by atoms with E-state index in [1.165, 1.54) is 0 Å². The lowest BCUT2D eigenvalue weighted by molar-refractivity contribution is 0.101. The summed E-state index contributed by atoms with van der Waals surface area (Å²) in [5.41, 5.74) is 1.84. The van der Waals surface area contributed by atoms with Gasteiger partial charge in [0.1, 0.15) is 0 Å². The van der Waals surface area contributed by atoms with Gasteiger partial charge in [-0.2, -0.15) is 0 Å². The molecule has 18 heavy (non-hydrogen) atoms. The molecule has 0 unspecified atom stereocenters. The van der Waals surface area contributed by atoms with Crippen LogP contribution in [0.2, 0.25) is 0 Å². The van der Waals surface area contributed by atoms with Gasteiger partial charge in [0.15, 0.2) is 5.78 Å². The molecule has 1 N–H and O–H groups in total. The van der Waals surface area contributed by atoms with E-state index in [-0.39, 0.29) is 5.78 Å². The highest BCUT2D eigenvalue weighted by molar-refractivity contribution is 7.99. The Bertz CT molecular complexity index is 566. The maximum atomic E-state index is 11.6. The fourth-order valence-corrected chi connectivity index (χ4v) is 2.86. The summed E-state index contributed by atoms with van der Waals surface area (Å²) >= 11 is 1.61. The largest absolute Gasteiger partial charge is 0.387 e. The molecule has 2 aromatic carbocycles. The molecule has 2 nitrogen and oxygen atoms in total. The molecule has 0 spiro atoms. The summed E-state index contributed by atoms with van der Waals surface area (Å²) in [5.74, 6) is 0.0973. The van der Waals surface area contributed by atoms with Crippen molar-refractivity contribution in [3.05, 3.63) is 54.1 Å². The minimum Gasteiger partial charge on any atom is -0.387 e. The van der Waals surface area contributed by atoms with Gasteiger partial charge in [0.2, 0.25) is 0 Å². The van der Waals surface area contributed by atoms with E-state index in [9.17, 15) is 4.79 Å². The minimum atomic E-state index is 0.0973. The molecule has 0 radical (unpaired) electrons. The van der Waals surface area contributed by atoms with Crippen LogP contribution < -0.4 is 5.32 Å². The summed E-state index contributed by atoms with van der Waals surface area (Å²) in [5, 5.41) is 3.16. The van der Waals surface area contributed by atoms with Crippen LogP contribution in [0.15, 0.2) is 58.3 Å². The van der Waals surface area contributed by atoms with Gasteiger partial charge in [0.25, 0.3) is 0 Å². The Hall–Kier alpha value is -1.74. The van der Waals surface area contributed by atoms with Crippen molar-refractivity contribution < 1.29 is 4.79 Å². The SMILES string of the molecule is CNc1ccccc1Sc1ccccc1C(C)=O. The number of nitrogens with one attached hydrogen (secondary N) is 1. The van der Waals surface area contributed by atoms with E-state index in [4.69, 9.17) is 0 Å². The monoisotopic (exact) mass is 257 g/mol. The van der Waals surface area contributed by atoms with Gasteiger partial charge in [0, 0.05) is 28.1 Å². The van der Waals surface area contributed by atoms with Gasteiger partial charge < -0.3 is 5.32 Å². The van der Waals surface area contributed by atoms with Crippen LogP contribution in [-0.4, -0.2) is 12.8 Å². The molecule has 0 atom stereocenters. The lowest BCUT2D eigenvalue weighted by atomic mass is 10.1. The van der Waals surface area contributed by atoms with Gasteiger partial charge in [-0.1, -0.05) is 42.1 Å². The van der Waals surface area contributed by atoms with E-state index in [0.717, 1.165) is 21.0 Å². The molecular weight excluding hydrogens is 242 g/mol. The number of carbonyl (C=O) groups is 1. The van der Waals surface area contributed by atoms with E-state index in [0.29, 0.717) is 0 Å². The van der Waals surface area contributed by atoms with Crippen molar-refractivity contribution in [2.45, 2.75) is 16.7 Å². The molecular formula is C15H15NOS. The van der Waals surface area contributed by atoms with Gasteiger partial charge in [0.05, 0.1) is 0 Å². The highest BCUT2D eigenvalue weighted by atomic mass is 32.2. The molecule has 0 aliphatic carbocycles. The Labute approximate surface area is 111 Å². The van der Waals surface area contributed by atoms with Crippen LogP contribution in [-0.2, 0) is 0 Å². The Morgan fingerprint density at radius 2 is 1.61 bits per heavy atom. The first-order valence-electron chi connectivity index (χ1n) is 5.77. The third kappa shape index (κ3) is 2.74. The highest BCUT2D eigenvalue weighted by Crippen LogP contribution is 2.35. The topological polar surface area (TPSA) is 29.1 Å². The first-order valence-corrected chi connectivity index (χ1v) is 6.58. The fourth-order valence-electron chi connectivity index (χ4n) is 1.73. The van der Waals surface area contributed by atoms with Crippen LogP contribution in [0.1, 0.15) is 17.3 Å². The Morgan fingerprint density at radius 3 is 2.28 bits per heavy atom. The van der Waals surface area contributed by atoms with E-state index < -0.39 is 0 Å². The zero-order valence-electron chi connectivity index (χ0n) is 10.4. The predicted molar refractivity (Wildman–Crippen MR) is 76.6 cm³/mol. The molecule has 0 heterocycles. The van der Waals surface area contributed by atoms with Gasteiger partial charge in [-0.05, 0) is 25.1 Å². The lowest BCUT2D eigenvalue weighted by Crippen LogP contribution is -1.95. The average molecular weight is 257 g/mol. The van der Waals surface area contributed by atoms with Gasteiger partial charge in [-0.15, -0.1) is 0 Å². The number of Topliss-reactive ketones (excluding diaryl/α,β-unsaturated/α-hetero) is 1. The summed E-state index contributed by atoms with van der Waals surface area (Å²) in [4.78, 5) is 13.7. The summed E-state index contributed by atoms with van der Waals surface area (Å²) in [6.07, 6.45) is 0. The molecule has 3 heteroatoms. The summed E-state index contributed by atoms with van der Waals surface area (Å²) < 4.78 is 0. The molecule has 0 aliphatic heterocycles. The summed E-state index contributed by atoms with van der Waals surface area (Å²) in [6, 6.07) is 15.8. The molecule has 0 bridgehead atoms. The predicted octanol–water partition coefficient (Wildman–Crippen LogP) is 4.08. The molecule has 0 aliphatic rings. The smallest absolute Gasteiger partial charge is 0.160 e. The number of carbonyl (C=O) groups excluding carboxylic acids is 1. The minimum absolute atomic E-state index is 0.0973. The molecule has 0 saturated heterocycles. The van der Waals surface area contributed by atoms with E-state index >= 15 is 0 Å². The van der Waals surface area contributed by atoms with Crippen LogP contribution in [0.3, 0.4) is 0 Å². The Kier molecular flexibility index (Phi) is 4.05. The van der Waals surface area contributed by atoms with E-state index in [2.05, 4.69) is 5.32 Å². The number of para-hydroxylation sites is 1. The molecule has 2 aromatic rings. The maximum Gasteiger partial charge on any atom is 0.160 e.